The number of anilines is 1. The fourth-order valence-corrected chi connectivity index (χ4v) is 1.52. The van der Waals surface area contributed by atoms with Crippen molar-refractivity contribution >= 4 is 21.6 Å². The molecule has 0 atom stereocenters. The number of phenolic OH excluding ortho intramolecular Hbond substituents is 1. The highest BCUT2D eigenvalue weighted by Crippen LogP contribution is 2.25. The molecular formula is C8H10N2O4S. The highest BCUT2D eigenvalue weighted by molar-refractivity contribution is 7.89. The lowest BCUT2D eigenvalue weighted by atomic mass is 10.3. The van der Waals surface area contributed by atoms with E-state index in [4.69, 9.17) is 5.14 Å². The fraction of sp³-hybridized carbons (Fsp3) is 0.125. The molecule has 15 heavy (non-hydrogen) atoms. The first kappa shape index (κ1) is 11.5. The summed E-state index contributed by atoms with van der Waals surface area (Å²) in [5.41, 5.74) is 0.134. The van der Waals surface area contributed by atoms with Crippen molar-refractivity contribution < 1.29 is 18.3 Å². The molecule has 0 saturated carbocycles. The quantitative estimate of drug-likeness (QED) is 0.621. The van der Waals surface area contributed by atoms with Crippen molar-refractivity contribution in [3.63, 3.8) is 0 Å². The number of nitrogens with one attached hydrogen (secondary N) is 1. The standard InChI is InChI=1S/C8H10N2O4S/c1-5(11)10-7-3-2-6(4-8(7)12)15(9,13)14/h2-4,12H,1H3,(H,10,11)(H2,9,13,14). The van der Waals surface area contributed by atoms with Crippen LogP contribution in [0.15, 0.2) is 23.1 Å². The third-order valence-corrected chi connectivity index (χ3v) is 2.52. The summed E-state index contributed by atoms with van der Waals surface area (Å²) in [4.78, 5) is 10.5. The van der Waals surface area contributed by atoms with Gasteiger partial charge < -0.3 is 10.4 Å². The van der Waals surface area contributed by atoms with Gasteiger partial charge in [0, 0.05) is 13.0 Å². The van der Waals surface area contributed by atoms with Crippen molar-refractivity contribution in [3.05, 3.63) is 18.2 Å². The fourth-order valence-electron chi connectivity index (χ4n) is 0.984. The Labute approximate surface area is 86.8 Å². The number of carbonyl (C=O) groups is 1. The topological polar surface area (TPSA) is 109 Å². The molecule has 0 aromatic heterocycles. The van der Waals surface area contributed by atoms with Crippen LogP contribution in [0.1, 0.15) is 6.92 Å². The van der Waals surface area contributed by atoms with Crippen molar-refractivity contribution in [2.75, 3.05) is 5.32 Å². The molecule has 0 aliphatic rings. The van der Waals surface area contributed by atoms with E-state index in [0.717, 1.165) is 6.07 Å². The normalized spacial score (nSPS) is 11.1. The van der Waals surface area contributed by atoms with Gasteiger partial charge >= 0.3 is 0 Å². The van der Waals surface area contributed by atoms with Gasteiger partial charge in [-0.15, -0.1) is 0 Å². The highest BCUT2D eigenvalue weighted by atomic mass is 32.2. The molecule has 0 heterocycles. The van der Waals surface area contributed by atoms with Crippen molar-refractivity contribution in [1.82, 2.24) is 0 Å². The zero-order valence-electron chi connectivity index (χ0n) is 7.89. The van der Waals surface area contributed by atoms with Crippen molar-refractivity contribution in [2.45, 2.75) is 11.8 Å². The van der Waals surface area contributed by atoms with Crippen LogP contribution in [0.3, 0.4) is 0 Å². The maximum Gasteiger partial charge on any atom is 0.238 e. The maximum atomic E-state index is 10.9. The minimum Gasteiger partial charge on any atom is -0.506 e. The van der Waals surface area contributed by atoms with E-state index in [1.807, 2.05) is 0 Å². The molecule has 0 aliphatic heterocycles. The Balaban J connectivity index is 3.15. The summed E-state index contributed by atoms with van der Waals surface area (Å²) in [5.74, 6) is -0.717. The molecule has 0 radical (unpaired) electrons. The maximum absolute atomic E-state index is 10.9. The second-order valence-electron chi connectivity index (χ2n) is 2.91. The van der Waals surface area contributed by atoms with E-state index in [2.05, 4.69) is 5.32 Å². The lowest BCUT2D eigenvalue weighted by Crippen LogP contribution is -2.12. The summed E-state index contributed by atoms with van der Waals surface area (Å²) in [6, 6.07) is 3.43. The van der Waals surface area contributed by atoms with Gasteiger partial charge in [-0.2, -0.15) is 0 Å². The van der Waals surface area contributed by atoms with Crippen LogP contribution in [0, 0.1) is 0 Å². The number of primary sulfonamides is 1. The number of rotatable bonds is 2. The Morgan fingerprint density at radius 1 is 1.47 bits per heavy atom. The Morgan fingerprint density at radius 3 is 2.47 bits per heavy atom. The zero-order chi connectivity index (χ0) is 11.6. The molecule has 1 rings (SSSR count). The van der Waals surface area contributed by atoms with Gasteiger partial charge in [0.05, 0.1) is 10.6 Å². The molecule has 0 fully saturated rings. The summed E-state index contributed by atoms with van der Waals surface area (Å²) in [5, 5.41) is 16.5. The molecule has 0 unspecified atom stereocenters. The van der Waals surface area contributed by atoms with E-state index in [1.54, 1.807) is 0 Å². The molecule has 0 saturated heterocycles. The molecule has 1 aromatic rings. The Hall–Kier alpha value is -1.60. The first-order valence-corrected chi connectivity index (χ1v) is 5.49. The second kappa shape index (κ2) is 3.87. The van der Waals surface area contributed by atoms with E-state index < -0.39 is 10.0 Å². The molecule has 4 N–H and O–H groups in total. The lowest BCUT2D eigenvalue weighted by molar-refractivity contribution is -0.114. The third kappa shape index (κ3) is 2.93. The van der Waals surface area contributed by atoms with Crippen LogP contribution in [-0.2, 0) is 14.8 Å². The third-order valence-electron chi connectivity index (χ3n) is 1.61. The second-order valence-corrected chi connectivity index (χ2v) is 4.47. The van der Waals surface area contributed by atoms with Crippen LogP contribution in [0.5, 0.6) is 5.75 Å². The summed E-state index contributed by atoms with van der Waals surface area (Å²) in [6.45, 7) is 1.27. The van der Waals surface area contributed by atoms with Crippen molar-refractivity contribution in [2.24, 2.45) is 5.14 Å². The SMILES string of the molecule is CC(=O)Nc1ccc(S(N)(=O)=O)cc1O. The molecule has 6 nitrogen and oxygen atoms in total. The van der Waals surface area contributed by atoms with Gasteiger partial charge in [0.1, 0.15) is 5.75 Å². The molecule has 0 spiro atoms. The highest BCUT2D eigenvalue weighted by Gasteiger charge is 2.11. The van der Waals surface area contributed by atoms with Crippen molar-refractivity contribution in [1.29, 1.82) is 0 Å². The number of benzene rings is 1. The summed E-state index contributed by atoms with van der Waals surface area (Å²) in [6.07, 6.45) is 0. The van der Waals surface area contributed by atoms with Crippen LogP contribution in [0.25, 0.3) is 0 Å². The lowest BCUT2D eigenvalue weighted by Gasteiger charge is -2.06. The van der Waals surface area contributed by atoms with Crippen LogP contribution >= 0.6 is 0 Å². The number of hydrogen-bond donors (Lipinski definition) is 3. The summed E-state index contributed by atoms with van der Waals surface area (Å²) in [7, 11) is -3.84. The van der Waals surface area contributed by atoms with Gasteiger partial charge in [-0.05, 0) is 12.1 Å². The van der Waals surface area contributed by atoms with Gasteiger partial charge in [0.15, 0.2) is 0 Å². The van der Waals surface area contributed by atoms with E-state index in [9.17, 15) is 18.3 Å². The zero-order valence-corrected chi connectivity index (χ0v) is 8.71. The van der Waals surface area contributed by atoms with E-state index in [1.165, 1.54) is 19.1 Å². The van der Waals surface area contributed by atoms with Crippen molar-refractivity contribution in [3.8, 4) is 5.75 Å². The number of aromatic hydroxyl groups is 1. The minimum absolute atomic E-state index is 0.134. The molecule has 82 valence electrons. The Bertz CT molecular complexity index is 495. The van der Waals surface area contributed by atoms with E-state index in [-0.39, 0.29) is 22.2 Å². The number of carbonyl (C=O) groups excluding carboxylic acids is 1. The van der Waals surface area contributed by atoms with E-state index in [0.29, 0.717) is 0 Å². The molecule has 1 aromatic carbocycles. The number of amides is 1. The van der Waals surface area contributed by atoms with Crippen LogP contribution in [0.2, 0.25) is 0 Å². The minimum atomic E-state index is -3.84. The average Bonchev–Trinajstić information content (AvgIpc) is 2.05. The van der Waals surface area contributed by atoms with Gasteiger partial charge in [0.25, 0.3) is 0 Å². The van der Waals surface area contributed by atoms with E-state index >= 15 is 0 Å². The van der Waals surface area contributed by atoms with Gasteiger partial charge in [-0.1, -0.05) is 0 Å². The predicted molar refractivity (Wildman–Crippen MR) is 53.8 cm³/mol. The Kier molecular flexibility index (Phi) is 2.96. The monoisotopic (exact) mass is 230 g/mol. The first-order valence-electron chi connectivity index (χ1n) is 3.94. The van der Waals surface area contributed by atoms with Crippen LogP contribution in [-0.4, -0.2) is 19.4 Å². The largest absolute Gasteiger partial charge is 0.506 e. The summed E-state index contributed by atoms with van der Waals surface area (Å²) < 4.78 is 21.8. The number of phenols is 1. The molecule has 7 heteroatoms. The smallest absolute Gasteiger partial charge is 0.238 e. The average molecular weight is 230 g/mol. The molecular weight excluding hydrogens is 220 g/mol. The summed E-state index contributed by atoms with van der Waals surface area (Å²) >= 11 is 0. The number of hydrogen-bond acceptors (Lipinski definition) is 4. The van der Waals surface area contributed by atoms with Crippen LogP contribution in [0.4, 0.5) is 5.69 Å². The number of sulfonamides is 1. The molecule has 1 amide bonds. The Morgan fingerprint density at radius 2 is 2.07 bits per heavy atom. The molecule has 0 aliphatic carbocycles. The van der Waals surface area contributed by atoms with Gasteiger partial charge in [-0.25, -0.2) is 13.6 Å². The predicted octanol–water partition coefficient (Wildman–Crippen LogP) is -0.00200. The number of nitrogens with two attached hydrogens (primary N) is 1. The van der Waals surface area contributed by atoms with Crippen LogP contribution < -0.4 is 10.5 Å². The van der Waals surface area contributed by atoms with Gasteiger partial charge in [0.2, 0.25) is 15.9 Å². The molecule has 0 bridgehead atoms. The first-order chi connectivity index (χ1) is 6.80. The van der Waals surface area contributed by atoms with Gasteiger partial charge in [-0.3, -0.25) is 4.79 Å².